The van der Waals surface area contributed by atoms with Crippen LogP contribution >= 0.6 is 11.3 Å². The summed E-state index contributed by atoms with van der Waals surface area (Å²) in [5.74, 6) is 0.739. The molecule has 0 radical (unpaired) electrons. The molecule has 0 aliphatic heterocycles. The second kappa shape index (κ2) is 7.29. The lowest BCUT2D eigenvalue weighted by molar-refractivity contribution is 0.732. The molecular formula is C20H19N5S. The Kier molecular flexibility index (Phi) is 4.71. The number of rotatable bonds is 5. The fraction of sp³-hybridized carbons (Fsp3) is 0.150. The standard InChI is InChI=1S/C20H19N5S/c1-22-11-16-24-19(18(21)15-9-5-6-10-23-15)17-14(12-26-20(17)25-16)13-7-3-2-4-8-13/h2-10,12,18,22H,11,21H2,1H3. The molecule has 1 unspecified atom stereocenters. The summed E-state index contributed by atoms with van der Waals surface area (Å²) < 4.78 is 0. The fourth-order valence-electron chi connectivity index (χ4n) is 3.01. The number of hydrogen-bond acceptors (Lipinski definition) is 6. The van der Waals surface area contributed by atoms with Gasteiger partial charge in [0.05, 0.1) is 24.0 Å². The number of pyridine rings is 1. The van der Waals surface area contributed by atoms with Gasteiger partial charge in [0.15, 0.2) is 0 Å². The molecule has 0 fully saturated rings. The van der Waals surface area contributed by atoms with Crippen molar-refractivity contribution in [3.8, 4) is 11.1 Å². The lowest BCUT2D eigenvalue weighted by atomic mass is 10.0. The van der Waals surface area contributed by atoms with Crippen LogP contribution in [0.15, 0.2) is 60.1 Å². The summed E-state index contributed by atoms with van der Waals surface area (Å²) in [4.78, 5) is 14.9. The zero-order chi connectivity index (χ0) is 17.9. The Labute approximate surface area is 156 Å². The van der Waals surface area contributed by atoms with Gasteiger partial charge >= 0.3 is 0 Å². The normalized spacial score (nSPS) is 12.4. The Morgan fingerprint density at radius 3 is 2.62 bits per heavy atom. The van der Waals surface area contributed by atoms with Gasteiger partial charge in [0.2, 0.25) is 0 Å². The smallest absolute Gasteiger partial charge is 0.144 e. The van der Waals surface area contributed by atoms with Gasteiger partial charge in [-0.1, -0.05) is 36.4 Å². The summed E-state index contributed by atoms with van der Waals surface area (Å²) in [6.45, 7) is 0.594. The Balaban J connectivity index is 1.94. The predicted octanol–water partition coefficient (Wildman–Crippen LogP) is 3.52. The first-order chi connectivity index (χ1) is 12.8. The van der Waals surface area contributed by atoms with E-state index in [1.807, 2.05) is 43.4 Å². The first-order valence-electron chi connectivity index (χ1n) is 8.42. The number of thiophene rings is 1. The average molecular weight is 361 g/mol. The van der Waals surface area contributed by atoms with Crippen molar-refractivity contribution in [3.05, 3.63) is 77.3 Å². The van der Waals surface area contributed by atoms with Gasteiger partial charge in [0, 0.05) is 22.5 Å². The first kappa shape index (κ1) is 16.8. The van der Waals surface area contributed by atoms with Crippen LogP contribution in [0, 0.1) is 0 Å². The minimum Gasteiger partial charge on any atom is -0.318 e. The van der Waals surface area contributed by atoms with E-state index in [1.54, 1.807) is 17.5 Å². The highest BCUT2D eigenvalue weighted by molar-refractivity contribution is 7.17. The van der Waals surface area contributed by atoms with Gasteiger partial charge in [0.25, 0.3) is 0 Å². The molecule has 5 nitrogen and oxygen atoms in total. The van der Waals surface area contributed by atoms with Gasteiger partial charge in [-0.25, -0.2) is 9.97 Å². The highest BCUT2D eigenvalue weighted by atomic mass is 32.1. The molecule has 3 heterocycles. The van der Waals surface area contributed by atoms with Crippen molar-refractivity contribution in [1.82, 2.24) is 20.3 Å². The zero-order valence-corrected chi connectivity index (χ0v) is 15.2. The minimum absolute atomic E-state index is 0.408. The van der Waals surface area contributed by atoms with Crippen molar-refractivity contribution < 1.29 is 0 Å². The van der Waals surface area contributed by atoms with Gasteiger partial charge in [-0.05, 0) is 24.7 Å². The molecule has 0 amide bonds. The highest BCUT2D eigenvalue weighted by Crippen LogP contribution is 2.37. The molecule has 1 aromatic carbocycles. The van der Waals surface area contributed by atoms with Gasteiger partial charge in [0.1, 0.15) is 10.7 Å². The second-order valence-electron chi connectivity index (χ2n) is 5.98. The Bertz CT molecular complexity index is 1010. The highest BCUT2D eigenvalue weighted by Gasteiger charge is 2.21. The van der Waals surface area contributed by atoms with E-state index < -0.39 is 6.04 Å². The Morgan fingerprint density at radius 2 is 1.88 bits per heavy atom. The van der Waals surface area contributed by atoms with Gasteiger partial charge in [-0.2, -0.15) is 0 Å². The van der Waals surface area contributed by atoms with Crippen molar-refractivity contribution in [2.75, 3.05) is 7.05 Å². The van der Waals surface area contributed by atoms with Gasteiger partial charge in [-0.15, -0.1) is 11.3 Å². The van der Waals surface area contributed by atoms with Gasteiger partial charge < -0.3 is 11.1 Å². The van der Waals surface area contributed by atoms with Crippen LogP contribution in [0.4, 0.5) is 0 Å². The van der Waals surface area contributed by atoms with E-state index in [4.69, 9.17) is 15.7 Å². The van der Waals surface area contributed by atoms with E-state index in [9.17, 15) is 0 Å². The van der Waals surface area contributed by atoms with E-state index in [1.165, 1.54) is 0 Å². The van der Waals surface area contributed by atoms with Crippen molar-refractivity contribution in [2.45, 2.75) is 12.6 Å². The summed E-state index contributed by atoms with van der Waals surface area (Å²) in [6, 6.07) is 15.6. The SMILES string of the molecule is CNCc1nc(C(N)c2ccccn2)c2c(-c3ccccc3)csc2n1. The quantitative estimate of drug-likeness (QED) is 0.569. The summed E-state index contributed by atoms with van der Waals surface area (Å²) in [7, 11) is 1.88. The lowest BCUT2D eigenvalue weighted by Crippen LogP contribution is -2.18. The maximum atomic E-state index is 6.59. The topological polar surface area (TPSA) is 76.7 Å². The van der Waals surface area contributed by atoms with E-state index >= 15 is 0 Å². The molecule has 0 aliphatic rings. The molecule has 130 valence electrons. The van der Waals surface area contributed by atoms with E-state index in [2.05, 4.69) is 27.8 Å². The zero-order valence-electron chi connectivity index (χ0n) is 14.4. The average Bonchev–Trinajstić information content (AvgIpc) is 3.12. The molecule has 4 rings (SSSR count). The molecule has 3 aromatic heterocycles. The summed E-state index contributed by atoms with van der Waals surface area (Å²) in [5.41, 5.74) is 10.5. The third-order valence-electron chi connectivity index (χ3n) is 4.23. The number of nitrogens with two attached hydrogens (primary N) is 1. The van der Waals surface area contributed by atoms with Crippen molar-refractivity contribution in [1.29, 1.82) is 0 Å². The molecule has 0 saturated heterocycles. The summed E-state index contributed by atoms with van der Waals surface area (Å²) >= 11 is 1.62. The van der Waals surface area contributed by atoms with Crippen molar-refractivity contribution >= 4 is 21.6 Å². The van der Waals surface area contributed by atoms with Crippen LogP contribution in [-0.4, -0.2) is 22.0 Å². The molecule has 0 aliphatic carbocycles. The molecular weight excluding hydrogens is 342 g/mol. The molecule has 0 bridgehead atoms. The number of fused-ring (bicyclic) bond motifs is 1. The largest absolute Gasteiger partial charge is 0.318 e. The monoisotopic (exact) mass is 361 g/mol. The van der Waals surface area contributed by atoms with Crippen LogP contribution in [0.25, 0.3) is 21.3 Å². The third-order valence-corrected chi connectivity index (χ3v) is 5.10. The van der Waals surface area contributed by atoms with E-state index in [0.29, 0.717) is 6.54 Å². The fourth-order valence-corrected chi connectivity index (χ4v) is 3.98. The Morgan fingerprint density at radius 1 is 1.08 bits per heavy atom. The van der Waals surface area contributed by atoms with Crippen LogP contribution in [-0.2, 0) is 6.54 Å². The van der Waals surface area contributed by atoms with E-state index in [0.717, 1.165) is 38.6 Å². The number of nitrogens with one attached hydrogen (secondary N) is 1. The molecule has 4 aromatic rings. The lowest BCUT2D eigenvalue weighted by Gasteiger charge is -2.14. The minimum atomic E-state index is -0.408. The number of nitrogens with zero attached hydrogens (tertiary/aromatic N) is 3. The van der Waals surface area contributed by atoms with E-state index in [-0.39, 0.29) is 0 Å². The van der Waals surface area contributed by atoms with Crippen molar-refractivity contribution in [3.63, 3.8) is 0 Å². The Hall–Kier alpha value is -2.67. The van der Waals surface area contributed by atoms with Gasteiger partial charge in [-0.3, -0.25) is 4.98 Å². The number of aromatic nitrogens is 3. The number of benzene rings is 1. The molecule has 0 spiro atoms. The van der Waals surface area contributed by atoms with Crippen LogP contribution < -0.4 is 11.1 Å². The third kappa shape index (κ3) is 3.10. The number of hydrogen-bond donors (Lipinski definition) is 2. The maximum absolute atomic E-state index is 6.59. The van der Waals surface area contributed by atoms with Crippen molar-refractivity contribution in [2.24, 2.45) is 5.73 Å². The summed E-state index contributed by atoms with van der Waals surface area (Å²) in [6.07, 6.45) is 1.76. The first-order valence-corrected chi connectivity index (χ1v) is 9.30. The van der Waals surface area contributed by atoms with Crippen LogP contribution in [0.2, 0.25) is 0 Å². The van der Waals surface area contributed by atoms with Crippen LogP contribution in [0.3, 0.4) is 0 Å². The summed E-state index contributed by atoms with van der Waals surface area (Å²) in [5, 5.41) is 6.26. The van der Waals surface area contributed by atoms with Crippen LogP contribution in [0.1, 0.15) is 23.3 Å². The van der Waals surface area contributed by atoms with Crippen LogP contribution in [0.5, 0.6) is 0 Å². The molecule has 1 atom stereocenters. The maximum Gasteiger partial charge on any atom is 0.144 e. The predicted molar refractivity (Wildman–Crippen MR) is 106 cm³/mol. The molecule has 3 N–H and O–H groups in total. The molecule has 0 saturated carbocycles. The molecule has 26 heavy (non-hydrogen) atoms. The second-order valence-corrected chi connectivity index (χ2v) is 6.84. The molecule has 6 heteroatoms.